The molecule has 1 aromatic carbocycles. The van der Waals surface area contributed by atoms with Gasteiger partial charge in [-0.1, -0.05) is 18.2 Å². The number of aryl methyl sites for hydroxylation is 6. The lowest BCUT2D eigenvalue weighted by molar-refractivity contribution is 1.00. The van der Waals surface area contributed by atoms with Crippen LogP contribution in [0.15, 0.2) is 18.2 Å². The molecular weight excluding hydrogens is 284 g/mol. The number of aromatic nitrogens is 3. The largest absolute Gasteiger partial charge is 0.323 e. The van der Waals surface area contributed by atoms with Gasteiger partial charge in [0.15, 0.2) is 5.82 Å². The van der Waals surface area contributed by atoms with Crippen LogP contribution in [0.3, 0.4) is 0 Å². The molecule has 0 bridgehead atoms. The number of fused-ring (bicyclic) bond motifs is 1. The second kappa shape index (κ2) is 5.61. The number of hydrogen-bond acceptors (Lipinski definition) is 4. The van der Waals surface area contributed by atoms with Crippen LogP contribution in [-0.2, 0) is 0 Å². The van der Waals surface area contributed by atoms with E-state index in [1.165, 1.54) is 16.3 Å². The molecule has 1 N–H and O–H groups in total. The standard InChI is InChI=1S/C19H22N4/c1-10-8-7-9-16-11(2)18(22-14(5)17(10)16)23-19-15(6)20-12(3)13(4)21-19/h7-9H,1-6H3,(H,21,22,23). The number of nitrogens with one attached hydrogen (secondary N) is 1. The third-order valence-corrected chi connectivity index (χ3v) is 4.39. The molecule has 4 nitrogen and oxygen atoms in total. The first-order chi connectivity index (χ1) is 10.9. The van der Waals surface area contributed by atoms with Crippen molar-refractivity contribution in [2.45, 2.75) is 41.5 Å². The summed E-state index contributed by atoms with van der Waals surface area (Å²) in [7, 11) is 0. The summed E-state index contributed by atoms with van der Waals surface area (Å²) in [6.07, 6.45) is 0. The lowest BCUT2D eigenvalue weighted by atomic mass is 10.0. The van der Waals surface area contributed by atoms with E-state index in [1.54, 1.807) is 0 Å². The van der Waals surface area contributed by atoms with Gasteiger partial charge in [0.2, 0.25) is 0 Å². The summed E-state index contributed by atoms with van der Waals surface area (Å²) < 4.78 is 0. The van der Waals surface area contributed by atoms with Crippen molar-refractivity contribution in [2.24, 2.45) is 0 Å². The summed E-state index contributed by atoms with van der Waals surface area (Å²) >= 11 is 0. The molecule has 0 aliphatic rings. The lowest BCUT2D eigenvalue weighted by Crippen LogP contribution is -2.06. The lowest BCUT2D eigenvalue weighted by Gasteiger charge is -2.15. The summed E-state index contributed by atoms with van der Waals surface area (Å²) in [6.45, 7) is 12.2. The molecule has 0 aliphatic heterocycles. The molecule has 4 heteroatoms. The highest BCUT2D eigenvalue weighted by molar-refractivity contribution is 5.93. The maximum absolute atomic E-state index is 4.77. The monoisotopic (exact) mass is 306 g/mol. The zero-order valence-corrected chi connectivity index (χ0v) is 14.6. The quantitative estimate of drug-likeness (QED) is 0.750. The Hall–Kier alpha value is -2.49. The summed E-state index contributed by atoms with van der Waals surface area (Å²) in [5.74, 6) is 1.62. The molecule has 0 saturated carbocycles. The van der Waals surface area contributed by atoms with E-state index in [1.807, 2.05) is 20.8 Å². The van der Waals surface area contributed by atoms with Crippen molar-refractivity contribution in [1.29, 1.82) is 0 Å². The van der Waals surface area contributed by atoms with Gasteiger partial charge in [-0.25, -0.2) is 9.97 Å². The van der Waals surface area contributed by atoms with E-state index in [9.17, 15) is 0 Å². The van der Waals surface area contributed by atoms with Gasteiger partial charge >= 0.3 is 0 Å². The summed E-state index contributed by atoms with van der Waals surface area (Å²) in [5, 5.41) is 5.84. The minimum Gasteiger partial charge on any atom is -0.323 e. The van der Waals surface area contributed by atoms with Gasteiger partial charge in [-0.3, -0.25) is 4.98 Å². The van der Waals surface area contributed by atoms with Crippen LogP contribution in [0.1, 0.15) is 33.9 Å². The number of nitrogens with zero attached hydrogens (tertiary/aromatic N) is 3. The number of hydrogen-bond donors (Lipinski definition) is 1. The molecule has 0 saturated heterocycles. The zero-order chi connectivity index (χ0) is 16.7. The van der Waals surface area contributed by atoms with E-state index in [0.29, 0.717) is 0 Å². The zero-order valence-electron chi connectivity index (χ0n) is 14.6. The Kier molecular flexibility index (Phi) is 3.76. The Morgan fingerprint density at radius 1 is 0.696 bits per heavy atom. The molecule has 0 aliphatic carbocycles. The third kappa shape index (κ3) is 2.65. The first-order valence-corrected chi connectivity index (χ1v) is 7.84. The van der Waals surface area contributed by atoms with Crippen molar-refractivity contribution in [1.82, 2.24) is 15.0 Å². The number of rotatable bonds is 2. The second-order valence-corrected chi connectivity index (χ2v) is 6.12. The maximum Gasteiger partial charge on any atom is 0.153 e. The highest BCUT2D eigenvalue weighted by Gasteiger charge is 2.13. The second-order valence-electron chi connectivity index (χ2n) is 6.12. The van der Waals surface area contributed by atoms with Crippen LogP contribution in [0, 0.1) is 41.5 Å². The van der Waals surface area contributed by atoms with Crippen LogP contribution in [0.4, 0.5) is 11.6 Å². The van der Waals surface area contributed by atoms with Crippen molar-refractivity contribution in [3.8, 4) is 0 Å². The van der Waals surface area contributed by atoms with Crippen molar-refractivity contribution in [3.63, 3.8) is 0 Å². The number of pyridine rings is 1. The van der Waals surface area contributed by atoms with Crippen LogP contribution < -0.4 is 5.32 Å². The van der Waals surface area contributed by atoms with Gasteiger partial charge in [0, 0.05) is 11.1 Å². The Balaban J connectivity index is 2.15. The van der Waals surface area contributed by atoms with E-state index in [0.717, 1.165) is 40.0 Å². The molecule has 0 spiro atoms. The van der Waals surface area contributed by atoms with Gasteiger partial charge in [-0.15, -0.1) is 0 Å². The van der Waals surface area contributed by atoms with Crippen molar-refractivity contribution >= 4 is 22.4 Å². The molecule has 0 radical (unpaired) electrons. The minimum atomic E-state index is 0.773. The van der Waals surface area contributed by atoms with Crippen LogP contribution in [-0.4, -0.2) is 15.0 Å². The molecule has 0 unspecified atom stereocenters. The third-order valence-electron chi connectivity index (χ3n) is 4.39. The summed E-state index contributed by atoms with van der Waals surface area (Å²) in [4.78, 5) is 13.9. The molecule has 23 heavy (non-hydrogen) atoms. The van der Waals surface area contributed by atoms with E-state index < -0.39 is 0 Å². The topological polar surface area (TPSA) is 50.7 Å². The van der Waals surface area contributed by atoms with Crippen molar-refractivity contribution in [3.05, 3.63) is 52.1 Å². The van der Waals surface area contributed by atoms with E-state index in [4.69, 9.17) is 4.98 Å². The maximum atomic E-state index is 4.77. The minimum absolute atomic E-state index is 0.773. The first-order valence-electron chi connectivity index (χ1n) is 7.84. The van der Waals surface area contributed by atoms with E-state index in [2.05, 4.69) is 54.3 Å². The number of benzene rings is 1. The molecule has 118 valence electrons. The fraction of sp³-hybridized carbons (Fsp3) is 0.316. The highest BCUT2D eigenvalue weighted by Crippen LogP contribution is 2.30. The summed E-state index contributed by atoms with van der Waals surface area (Å²) in [5.41, 5.74) is 6.20. The molecule has 2 heterocycles. The van der Waals surface area contributed by atoms with Gasteiger partial charge in [-0.2, -0.15) is 0 Å². The average Bonchev–Trinajstić information content (AvgIpc) is 2.49. The fourth-order valence-corrected chi connectivity index (χ4v) is 2.96. The smallest absolute Gasteiger partial charge is 0.153 e. The molecular formula is C19H22N4. The fourth-order valence-electron chi connectivity index (χ4n) is 2.96. The predicted molar refractivity (Wildman–Crippen MR) is 95.5 cm³/mol. The molecule has 0 fully saturated rings. The van der Waals surface area contributed by atoms with Crippen LogP contribution in [0.2, 0.25) is 0 Å². The summed E-state index contributed by atoms with van der Waals surface area (Å²) in [6, 6.07) is 6.37. The van der Waals surface area contributed by atoms with Crippen LogP contribution in [0.5, 0.6) is 0 Å². The normalized spacial score (nSPS) is 11.0. The predicted octanol–water partition coefficient (Wildman–Crippen LogP) is 4.62. The van der Waals surface area contributed by atoms with Crippen LogP contribution in [0.25, 0.3) is 10.8 Å². The van der Waals surface area contributed by atoms with Gasteiger partial charge in [-0.05, 0) is 58.1 Å². The molecule has 0 amide bonds. The Morgan fingerprint density at radius 3 is 2.09 bits per heavy atom. The molecule has 2 aromatic heterocycles. The van der Waals surface area contributed by atoms with Gasteiger partial charge < -0.3 is 5.32 Å². The van der Waals surface area contributed by atoms with Gasteiger partial charge in [0.25, 0.3) is 0 Å². The molecule has 0 atom stereocenters. The van der Waals surface area contributed by atoms with Gasteiger partial charge in [0.1, 0.15) is 5.82 Å². The first kappa shape index (κ1) is 15.4. The Labute approximate surface area is 137 Å². The van der Waals surface area contributed by atoms with E-state index in [-0.39, 0.29) is 0 Å². The highest BCUT2D eigenvalue weighted by atomic mass is 15.1. The van der Waals surface area contributed by atoms with Gasteiger partial charge in [0.05, 0.1) is 17.1 Å². The van der Waals surface area contributed by atoms with Crippen molar-refractivity contribution in [2.75, 3.05) is 5.32 Å². The number of anilines is 2. The van der Waals surface area contributed by atoms with Crippen molar-refractivity contribution < 1.29 is 0 Å². The van der Waals surface area contributed by atoms with E-state index >= 15 is 0 Å². The Morgan fingerprint density at radius 2 is 1.35 bits per heavy atom. The SMILES string of the molecule is Cc1nc(C)c(Nc2nc(C)c3c(C)cccc3c2C)nc1C. The molecule has 3 rings (SSSR count). The Bertz CT molecular complexity index is 913. The van der Waals surface area contributed by atoms with Crippen LogP contribution >= 0.6 is 0 Å². The average molecular weight is 306 g/mol. The molecule has 3 aromatic rings.